The number of piperazine rings is 1. The minimum Gasteiger partial charge on any atom is -0.457 e. The summed E-state index contributed by atoms with van der Waals surface area (Å²) >= 11 is 0. The topological polar surface area (TPSA) is 104 Å². The van der Waals surface area contributed by atoms with Crippen LogP contribution in [0.4, 0.5) is 0 Å². The monoisotopic (exact) mass is 685 g/mol. The highest BCUT2D eigenvalue weighted by atomic mass is 32.2. The number of carbonyl (C=O) groups is 2. The second kappa shape index (κ2) is 14.7. The molecule has 1 N–H and O–H groups in total. The Labute approximate surface area is 289 Å². The number of nitrogens with zero attached hydrogens (tertiary/aromatic N) is 4. The Hall–Kier alpha value is -4.19. The van der Waals surface area contributed by atoms with Crippen molar-refractivity contribution in [1.29, 1.82) is 0 Å². The van der Waals surface area contributed by atoms with E-state index in [-0.39, 0.29) is 23.9 Å². The first kappa shape index (κ1) is 34.7. The fourth-order valence-electron chi connectivity index (χ4n) is 7.09. The number of rotatable bonds is 10. The molecule has 0 radical (unpaired) electrons. The molecule has 2 fully saturated rings. The van der Waals surface area contributed by atoms with Gasteiger partial charge in [-0.3, -0.25) is 14.5 Å². The molecule has 260 valence electrons. The van der Waals surface area contributed by atoms with E-state index in [1.807, 2.05) is 65.6 Å². The van der Waals surface area contributed by atoms with E-state index in [9.17, 15) is 18.0 Å². The fourth-order valence-corrected chi connectivity index (χ4v) is 7.63. The normalized spacial score (nSPS) is 16.4. The van der Waals surface area contributed by atoms with Gasteiger partial charge in [-0.25, -0.2) is 4.72 Å². The molecule has 1 saturated heterocycles. The molecule has 2 heterocycles. The number of ether oxygens (including phenoxy) is 1. The van der Waals surface area contributed by atoms with E-state index in [4.69, 9.17) is 4.74 Å². The van der Waals surface area contributed by atoms with Crippen LogP contribution in [-0.2, 0) is 21.5 Å². The van der Waals surface area contributed by atoms with E-state index < -0.39 is 16.1 Å². The van der Waals surface area contributed by atoms with Crippen molar-refractivity contribution in [2.45, 2.75) is 64.5 Å². The van der Waals surface area contributed by atoms with Gasteiger partial charge in [-0.2, -0.15) is 12.7 Å². The van der Waals surface area contributed by atoms with Gasteiger partial charge in [-0.1, -0.05) is 43.5 Å². The maximum Gasteiger partial charge on any atom is 0.303 e. The van der Waals surface area contributed by atoms with Gasteiger partial charge in [-0.05, 0) is 92.3 Å². The number of hydrogen-bond acceptors (Lipinski definition) is 6. The number of carbonyl (C=O) groups excluding carboxylic acids is 2. The molecule has 0 unspecified atom stereocenters. The third-order valence-electron chi connectivity index (χ3n) is 9.88. The number of fused-ring (bicyclic) bond motifs is 1. The van der Waals surface area contributed by atoms with Crippen molar-refractivity contribution in [3.05, 3.63) is 83.9 Å². The van der Waals surface area contributed by atoms with Crippen LogP contribution in [0.2, 0.25) is 0 Å². The quantitative estimate of drug-likeness (QED) is 0.212. The molecule has 6 rings (SSSR count). The van der Waals surface area contributed by atoms with Crippen LogP contribution in [0.3, 0.4) is 0 Å². The lowest BCUT2D eigenvalue weighted by atomic mass is 9.81. The smallest absolute Gasteiger partial charge is 0.303 e. The maximum absolute atomic E-state index is 14.1. The first-order valence-corrected chi connectivity index (χ1v) is 18.7. The molecule has 1 aromatic heterocycles. The van der Waals surface area contributed by atoms with Crippen LogP contribution in [0.25, 0.3) is 22.2 Å². The van der Waals surface area contributed by atoms with Gasteiger partial charge >= 0.3 is 10.2 Å². The Morgan fingerprint density at radius 2 is 1.53 bits per heavy atom. The van der Waals surface area contributed by atoms with Crippen LogP contribution in [0.15, 0.2) is 72.8 Å². The summed E-state index contributed by atoms with van der Waals surface area (Å²) in [5.74, 6) is 1.04. The standard InChI is InChI=1S/C38H47N5O5S/c1-27(2)41-21-23-42(24-22-41)35(44)26-43-34-25-30(38(45)39-49(46,47)40(3)4)17-20-33(34)36(28-11-7-5-8-12-28)37(43)29-15-18-32(19-16-29)48-31-13-9-6-10-14-31/h6,9-10,13-20,25,27-28H,5,7-8,11-12,21-24,26H2,1-4H3,(H,39,45). The number of aromatic nitrogens is 1. The largest absolute Gasteiger partial charge is 0.457 e. The van der Waals surface area contributed by atoms with Gasteiger partial charge in [0.15, 0.2) is 0 Å². The lowest BCUT2D eigenvalue weighted by molar-refractivity contribution is -0.133. The highest BCUT2D eigenvalue weighted by Gasteiger charge is 2.30. The summed E-state index contributed by atoms with van der Waals surface area (Å²) < 4.78 is 36.4. The molecular weight excluding hydrogens is 639 g/mol. The van der Waals surface area contributed by atoms with Gasteiger partial charge in [-0.15, -0.1) is 0 Å². The predicted octanol–water partition coefficient (Wildman–Crippen LogP) is 6.24. The van der Waals surface area contributed by atoms with Gasteiger partial charge in [0.2, 0.25) is 5.91 Å². The fraction of sp³-hybridized carbons (Fsp3) is 0.421. The molecule has 1 saturated carbocycles. The van der Waals surface area contributed by atoms with E-state index in [0.717, 1.165) is 71.0 Å². The van der Waals surface area contributed by atoms with Crippen molar-refractivity contribution in [2.75, 3.05) is 40.3 Å². The van der Waals surface area contributed by atoms with Crippen molar-refractivity contribution >= 4 is 32.9 Å². The summed E-state index contributed by atoms with van der Waals surface area (Å²) in [5.41, 5.74) is 4.04. The van der Waals surface area contributed by atoms with Gasteiger partial charge < -0.3 is 14.2 Å². The molecule has 1 aliphatic carbocycles. The first-order chi connectivity index (χ1) is 23.5. The van der Waals surface area contributed by atoms with E-state index in [1.165, 1.54) is 26.1 Å². The number of nitrogens with one attached hydrogen (secondary N) is 1. The highest BCUT2D eigenvalue weighted by molar-refractivity contribution is 7.87. The zero-order valence-corrected chi connectivity index (χ0v) is 29.7. The molecule has 2 aliphatic rings. The predicted molar refractivity (Wildman–Crippen MR) is 193 cm³/mol. The summed E-state index contributed by atoms with van der Waals surface area (Å²) in [6.45, 7) is 7.41. The van der Waals surface area contributed by atoms with E-state index in [0.29, 0.717) is 24.9 Å². The van der Waals surface area contributed by atoms with Crippen LogP contribution in [-0.4, -0.2) is 85.2 Å². The Morgan fingerprint density at radius 3 is 2.16 bits per heavy atom. The molecule has 4 aromatic rings. The Morgan fingerprint density at radius 1 is 0.878 bits per heavy atom. The van der Waals surface area contributed by atoms with Gasteiger partial charge in [0, 0.05) is 57.3 Å². The van der Waals surface area contributed by atoms with Crippen molar-refractivity contribution in [2.24, 2.45) is 0 Å². The summed E-state index contributed by atoms with van der Waals surface area (Å²) in [5, 5.41) is 0.982. The van der Waals surface area contributed by atoms with Crippen LogP contribution in [0.5, 0.6) is 11.5 Å². The molecule has 11 heteroatoms. The molecule has 0 bridgehead atoms. The van der Waals surface area contributed by atoms with Gasteiger partial charge in [0.1, 0.15) is 18.0 Å². The van der Waals surface area contributed by atoms with Crippen molar-refractivity contribution in [3.63, 3.8) is 0 Å². The average molecular weight is 686 g/mol. The van der Waals surface area contributed by atoms with E-state index >= 15 is 0 Å². The second-order valence-electron chi connectivity index (χ2n) is 13.6. The zero-order valence-electron chi connectivity index (χ0n) is 28.9. The molecule has 1 aliphatic heterocycles. The third-order valence-corrected chi connectivity index (χ3v) is 11.3. The summed E-state index contributed by atoms with van der Waals surface area (Å²) in [6, 6.07) is 23.4. The van der Waals surface area contributed by atoms with E-state index in [2.05, 4.69) is 28.0 Å². The Balaban J connectivity index is 1.46. The summed E-state index contributed by atoms with van der Waals surface area (Å²) in [4.78, 5) is 31.7. The highest BCUT2D eigenvalue weighted by Crippen LogP contribution is 2.44. The Bertz CT molecular complexity index is 1890. The number of para-hydroxylation sites is 1. The maximum atomic E-state index is 14.1. The molecule has 2 amide bonds. The molecular formula is C38H47N5O5S. The SMILES string of the molecule is CC(C)N1CCN(C(=O)Cn2c(-c3ccc(Oc4ccccc4)cc3)c(C3CCCCC3)c3ccc(C(=O)NS(=O)(=O)N(C)C)cc32)CC1. The summed E-state index contributed by atoms with van der Waals surface area (Å²) in [7, 11) is -1.25. The Kier molecular flexibility index (Phi) is 10.4. The minimum absolute atomic E-state index is 0.0193. The minimum atomic E-state index is -3.99. The average Bonchev–Trinajstić information content (AvgIpc) is 3.42. The van der Waals surface area contributed by atoms with Crippen molar-refractivity contribution in [1.82, 2.24) is 23.4 Å². The number of amides is 2. The molecule has 10 nitrogen and oxygen atoms in total. The van der Waals surface area contributed by atoms with Gasteiger partial charge in [0.25, 0.3) is 5.91 Å². The van der Waals surface area contributed by atoms with Gasteiger partial charge in [0.05, 0.1) is 11.2 Å². The zero-order chi connectivity index (χ0) is 34.7. The van der Waals surface area contributed by atoms with Crippen molar-refractivity contribution < 1.29 is 22.7 Å². The second-order valence-corrected chi connectivity index (χ2v) is 15.5. The number of hydrogen-bond donors (Lipinski definition) is 1. The molecule has 0 atom stereocenters. The first-order valence-electron chi connectivity index (χ1n) is 17.3. The van der Waals surface area contributed by atoms with E-state index in [1.54, 1.807) is 12.1 Å². The van der Waals surface area contributed by atoms with Crippen LogP contribution in [0, 0.1) is 0 Å². The number of benzene rings is 3. The third kappa shape index (κ3) is 7.69. The molecule has 3 aromatic carbocycles. The lowest BCUT2D eigenvalue weighted by Gasteiger charge is -2.37. The van der Waals surface area contributed by atoms with Crippen LogP contribution >= 0.6 is 0 Å². The van der Waals surface area contributed by atoms with Crippen LogP contribution in [0.1, 0.15) is 67.8 Å². The lowest BCUT2D eigenvalue weighted by Crippen LogP contribution is -2.51. The van der Waals surface area contributed by atoms with Crippen LogP contribution < -0.4 is 9.46 Å². The summed E-state index contributed by atoms with van der Waals surface area (Å²) in [6.07, 6.45) is 5.53. The van der Waals surface area contributed by atoms with Crippen molar-refractivity contribution in [3.8, 4) is 22.8 Å². The molecule has 0 spiro atoms. The molecule has 49 heavy (non-hydrogen) atoms.